The first kappa shape index (κ1) is 8.24. The van der Waals surface area contributed by atoms with Crippen LogP contribution in [0.5, 0.6) is 0 Å². The molecule has 59 valence electrons. The lowest BCUT2D eigenvalue weighted by atomic mass is 10.2. The molecule has 1 aromatic rings. The number of benzene rings is 1. The minimum atomic E-state index is 0.564. The molecule has 0 heterocycles. The smallest absolute Gasteiger partial charge is 0.209 e. The van der Waals surface area contributed by atoms with E-state index in [0.717, 1.165) is 5.56 Å². The molecule has 0 fully saturated rings. The van der Waals surface area contributed by atoms with Crippen LogP contribution < -0.4 is 0 Å². The highest BCUT2D eigenvalue weighted by Gasteiger charge is 1.89. The summed E-state index contributed by atoms with van der Waals surface area (Å²) < 4.78 is 9.64. The molecule has 0 saturated carbocycles. The van der Waals surface area contributed by atoms with Crippen molar-refractivity contribution in [1.82, 2.24) is 0 Å². The molecule has 0 bridgehead atoms. The third-order valence-electron chi connectivity index (χ3n) is 1.26. The van der Waals surface area contributed by atoms with Gasteiger partial charge in [-0.2, -0.15) is 0 Å². The lowest BCUT2D eigenvalue weighted by molar-refractivity contribution is 0.0379. The van der Waals surface area contributed by atoms with Crippen molar-refractivity contribution in [3.63, 3.8) is 0 Å². The molecule has 0 N–H and O–H groups in total. The van der Waals surface area contributed by atoms with Gasteiger partial charge in [-0.15, -0.1) is 0 Å². The minimum Gasteiger partial charge on any atom is -0.351 e. The molecule has 1 rings (SSSR count). The second-order valence-electron chi connectivity index (χ2n) is 2.13. The third kappa shape index (κ3) is 3.16. The van der Waals surface area contributed by atoms with Crippen LogP contribution >= 0.6 is 0 Å². The zero-order chi connectivity index (χ0) is 7.94. The van der Waals surface area contributed by atoms with Crippen molar-refractivity contribution >= 4 is 0 Å². The summed E-state index contributed by atoms with van der Waals surface area (Å²) in [5.41, 5.74) is 1.14. The van der Waals surface area contributed by atoms with Gasteiger partial charge in [0.15, 0.2) is 0 Å². The lowest BCUT2D eigenvalue weighted by Crippen LogP contribution is -1.90. The van der Waals surface area contributed by atoms with E-state index in [0.29, 0.717) is 6.61 Å². The molecule has 0 spiro atoms. The molecular weight excluding hydrogens is 140 g/mol. The topological polar surface area (TPSA) is 18.5 Å². The first-order valence-electron chi connectivity index (χ1n) is 3.43. The maximum atomic E-state index is 5.02. The van der Waals surface area contributed by atoms with E-state index in [2.05, 4.69) is 4.74 Å². The summed E-state index contributed by atoms with van der Waals surface area (Å²) in [7, 11) is 1.56. The highest BCUT2D eigenvalue weighted by molar-refractivity contribution is 5.13. The molecule has 0 atom stereocenters. The number of ether oxygens (including phenoxy) is 2. The van der Waals surface area contributed by atoms with Crippen molar-refractivity contribution in [3.8, 4) is 0 Å². The molecule has 0 aliphatic heterocycles. The molecule has 0 aliphatic carbocycles. The summed E-state index contributed by atoms with van der Waals surface area (Å²) in [6.45, 7) is 1.89. The van der Waals surface area contributed by atoms with Gasteiger partial charge in [-0.3, -0.25) is 0 Å². The average Bonchev–Trinajstić information content (AvgIpc) is 2.07. The summed E-state index contributed by atoms with van der Waals surface area (Å²) in [4.78, 5) is 0. The van der Waals surface area contributed by atoms with E-state index >= 15 is 0 Å². The van der Waals surface area contributed by atoms with E-state index in [4.69, 9.17) is 4.74 Å². The number of methoxy groups -OCH3 is 1. The molecule has 0 aliphatic rings. The van der Waals surface area contributed by atoms with Crippen LogP contribution in [0.4, 0.5) is 0 Å². The standard InChI is InChI=1S/C9H11O2/c1-10-8-11-7-9-5-3-2-4-6-9/h2-6,8H,7H2,1H3. The Morgan fingerprint density at radius 2 is 2.00 bits per heavy atom. The molecule has 0 unspecified atom stereocenters. The summed E-state index contributed by atoms with van der Waals surface area (Å²) in [6, 6.07) is 9.94. The minimum absolute atomic E-state index is 0.564. The first-order valence-corrected chi connectivity index (χ1v) is 3.43. The Hall–Kier alpha value is -0.860. The molecule has 11 heavy (non-hydrogen) atoms. The van der Waals surface area contributed by atoms with Gasteiger partial charge in [0.2, 0.25) is 6.79 Å². The summed E-state index contributed by atoms with van der Waals surface area (Å²) >= 11 is 0. The van der Waals surface area contributed by atoms with Crippen LogP contribution in [0.15, 0.2) is 30.3 Å². The molecule has 0 aromatic heterocycles. The maximum absolute atomic E-state index is 5.02. The Bertz CT molecular complexity index is 184. The van der Waals surface area contributed by atoms with Crippen LogP contribution in [0.2, 0.25) is 0 Å². The van der Waals surface area contributed by atoms with Gasteiger partial charge < -0.3 is 9.47 Å². The molecule has 1 radical (unpaired) electrons. The first-order chi connectivity index (χ1) is 5.43. The Morgan fingerprint density at radius 3 is 2.64 bits per heavy atom. The normalized spacial score (nSPS) is 9.91. The third-order valence-corrected chi connectivity index (χ3v) is 1.26. The molecule has 1 aromatic carbocycles. The Labute approximate surface area is 66.8 Å². The van der Waals surface area contributed by atoms with Crippen LogP contribution in [0.1, 0.15) is 5.56 Å². The molecule has 0 saturated heterocycles. The van der Waals surface area contributed by atoms with E-state index in [1.807, 2.05) is 30.3 Å². The van der Waals surface area contributed by atoms with E-state index < -0.39 is 0 Å². The van der Waals surface area contributed by atoms with Gasteiger partial charge in [0.05, 0.1) is 6.61 Å². The number of hydrogen-bond donors (Lipinski definition) is 0. The van der Waals surface area contributed by atoms with Crippen molar-refractivity contribution in [2.45, 2.75) is 6.61 Å². The quantitative estimate of drug-likeness (QED) is 0.612. The fraction of sp³-hybridized carbons (Fsp3) is 0.222. The van der Waals surface area contributed by atoms with Gasteiger partial charge in [-0.05, 0) is 5.56 Å². The van der Waals surface area contributed by atoms with Gasteiger partial charge >= 0.3 is 0 Å². The zero-order valence-corrected chi connectivity index (χ0v) is 6.49. The lowest BCUT2D eigenvalue weighted by Gasteiger charge is -2.00. The predicted molar refractivity (Wildman–Crippen MR) is 42.5 cm³/mol. The Kier molecular flexibility index (Phi) is 3.65. The van der Waals surface area contributed by atoms with Crippen molar-refractivity contribution in [2.24, 2.45) is 0 Å². The summed E-state index contributed by atoms with van der Waals surface area (Å²) in [5.74, 6) is 0. The van der Waals surface area contributed by atoms with Crippen LogP contribution in [0.25, 0.3) is 0 Å². The van der Waals surface area contributed by atoms with Crippen molar-refractivity contribution < 1.29 is 9.47 Å². The van der Waals surface area contributed by atoms with E-state index in [1.54, 1.807) is 7.11 Å². The summed E-state index contributed by atoms with van der Waals surface area (Å²) in [5, 5.41) is 0. The average molecular weight is 151 g/mol. The second kappa shape index (κ2) is 4.88. The molecule has 2 nitrogen and oxygen atoms in total. The summed E-state index contributed by atoms with van der Waals surface area (Å²) in [6.07, 6.45) is 0. The van der Waals surface area contributed by atoms with Crippen LogP contribution in [-0.4, -0.2) is 7.11 Å². The van der Waals surface area contributed by atoms with E-state index in [-0.39, 0.29) is 0 Å². The van der Waals surface area contributed by atoms with Gasteiger partial charge in [0, 0.05) is 7.11 Å². The van der Waals surface area contributed by atoms with Gasteiger partial charge in [-0.1, -0.05) is 30.3 Å². The second-order valence-corrected chi connectivity index (χ2v) is 2.13. The Balaban J connectivity index is 2.28. The molecule has 0 amide bonds. The van der Waals surface area contributed by atoms with Crippen molar-refractivity contribution in [3.05, 3.63) is 42.7 Å². The highest BCUT2D eigenvalue weighted by Crippen LogP contribution is 2.00. The maximum Gasteiger partial charge on any atom is 0.209 e. The zero-order valence-electron chi connectivity index (χ0n) is 6.49. The van der Waals surface area contributed by atoms with Gasteiger partial charge in [0.1, 0.15) is 0 Å². The largest absolute Gasteiger partial charge is 0.351 e. The molecule has 2 heteroatoms. The molecular formula is C9H11O2. The fourth-order valence-corrected chi connectivity index (χ4v) is 0.773. The highest BCUT2D eigenvalue weighted by atomic mass is 16.7. The number of hydrogen-bond acceptors (Lipinski definition) is 2. The van der Waals surface area contributed by atoms with E-state index in [9.17, 15) is 0 Å². The SMILES string of the molecule is CO[CH]OCc1ccccc1. The van der Waals surface area contributed by atoms with E-state index in [1.165, 1.54) is 6.79 Å². The monoisotopic (exact) mass is 151 g/mol. The predicted octanol–water partition coefficient (Wildman–Crippen LogP) is 1.97. The van der Waals surface area contributed by atoms with Crippen LogP contribution in [-0.2, 0) is 16.1 Å². The van der Waals surface area contributed by atoms with Gasteiger partial charge in [0.25, 0.3) is 0 Å². The fourth-order valence-electron chi connectivity index (χ4n) is 0.773. The number of rotatable bonds is 4. The van der Waals surface area contributed by atoms with Crippen molar-refractivity contribution in [2.75, 3.05) is 7.11 Å². The van der Waals surface area contributed by atoms with Crippen LogP contribution in [0, 0.1) is 6.79 Å². The Morgan fingerprint density at radius 1 is 1.27 bits per heavy atom. The van der Waals surface area contributed by atoms with Crippen LogP contribution in [0.3, 0.4) is 0 Å². The van der Waals surface area contributed by atoms with Crippen molar-refractivity contribution in [1.29, 1.82) is 0 Å². The van der Waals surface area contributed by atoms with Gasteiger partial charge in [-0.25, -0.2) is 0 Å².